The van der Waals surface area contributed by atoms with Gasteiger partial charge < -0.3 is 15.7 Å². The van der Waals surface area contributed by atoms with Crippen molar-refractivity contribution in [2.75, 3.05) is 19.3 Å². The van der Waals surface area contributed by atoms with Crippen LogP contribution in [0.2, 0.25) is 0 Å². The Kier molecular flexibility index (Phi) is 10.4. The second-order valence-corrected chi connectivity index (χ2v) is 10.4. The van der Waals surface area contributed by atoms with Crippen LogP contribution >= 0.6 is 24.0 Å². The Labute approximate surface area is 203 Å². The van der Waals surface area contributed by atoms with Gasteiger partial charge in [0.1, 0.15) is 0 Å². The average molecular weight is 560 g/mol. The lowest BCUT2D eigenvalue weighted by Crippen LogP contribution is -2.39. The van der Waals surface area contributed by atoms with E-state index < -0.39 is 15.9 Å². The summed E-state index contributed by atoms with van der Waals surface area (Å²) in [7, 11) is -3.20. The summed E-state index contributed by atoms with van der Waals surface area (Å²) >= 11 is 0. The van der Waals surface area contributed by atoms with Crippen LogP contribution in [0.4, 0.5) is 0 Å². The van der Waals surface area contributed by atoms with Crippen LogP contribution in [0.1, 0.15) is 50.5 Å². The fraction of sp³-hybridized carbons (Fsp3) is 0.435. The van der Waals surface area contributed by atoms with Crippen molar-refractivity contribution in [3.8, 4) is 0 Å². The van der Waals surface area contributed by atoms with Crippen LogP contribution in [-0.2, 0) is 21.8 Å². The molecule has 0 aromatic heterocycles. The van der Waals surface area contributed by atoms with Crippen molar-refractivity contribution in [3.63, 3.8) is 0 Å². The number of nitrogens with one attached hydrogen (secondary N) is 2. The first-order chi connectivity index (χ1) is 14.0. The molecule has 6 nitrogen and oxygen atoms in total. The predicted octanol–water partition coefficient (Wildman–Crippen LogP) is 3.79. The Bertz CT molecular complexity index is 951. The first kappa shape index (κ1) is 27.4. The first-order valence-corrected chi connectivity index (χ1v) is 12.0. The number of benzene rings is 2. The number of sulfone groups is 1. The summed E-state index contributed by atoms with van der Waals surface area (Å²) in [5.41, 5.74) is 3.05. The molecule has 0 heterocycles. The highest BCUT2D eigenvalue weighted by Crippen LogP contribution is 2.23. The number of aliphatic hydroxyl groups is 1. The standard InChI is InChI=1S/C23H33N3O3S.HI/c1-6-24-22(25-15-17-7-13-20(14-8-17)30(5,28)29)26-16-21(27)18-9-11-19(12-10-18)23(2,3)4;/h7-14,21,27H,6,15-16H2,1-5H3,(H2,24,25,26);1H. The van der Waals surface area contributed by atoms with Crippen molar-refractivity contribution < 1.29 is 13.5 Å². The molecule has 2 rings (SSSR count). The van der Waals surface area contributed by atoms with Gasteiger partial charge in [-0.2, -0.15) is 0 Å². The second kappa shape index (κ2) is 11.8. The number of rotatable bonds is 7. The summed E-state index contributed by atoms with van der Waals surface area (Å²) in [6.45, 7) is 9.87. The molecule has 0 spiro atoms. The Morgan fingerprint density at radius 1 is 1.03 bits per heavy atom. The van der Waals surface area contributed by atoms with Crippen LogP contribution < -0.4 is 10.6 Å². The zero-order valence-electron chi connectivity index (χ0n) is 18.8. The highest BCUT2D eigenvalue weighted by molar-refractivity contribution is 14.0. The summed E-state index contributed by atoms with van der Waals surface area (Å²) in [5, 5.41) is 16.8. The van der Waals surface area contributed by atoms with E-state index in [-0.39, 0.29) is 29.4 Å². The number of aliphatic hydroxyl groups excluding tert-OH is 1. The molecule has 3 N–H and O–H groups in total. The number of hydrogen-bond acceptors (Lipinski definition) is 4. The molecular weight excluding hydrogens is 525 g/mol. The Balaban J connectivity index is 0.00000480. The van der Waals surface area contributed by atoms with E-state index in [9.17, 15) is 13.5 Å². The lowest BCUT2D eigenvalue weighted by atomic mass is 9.86. The summed E-state index contributed by atoms with van der Waals surface area (Å²) in [6.07, 6.45) is 0.534. The Hall–Kier alpha value is -1.65. The van der Waals surface area contributed by atoms with Gasteiger partial charge in [0.05, 0.1) is 17.5 Å². The predicted molar refractivity (Wildman–Crippen MR) is 138 cm³/mol. The summed E-state index contributed by atoms with van der Waals surface area (Å²) in [5.74, 6) is 0.593. The summed E-state index contributed by atoms with van der Waals surface area (Å²) in [6, 6.07) is 14.7. The molecule has 2 aromatic carbocycles. The minimum Gasteiger partial charge on any atom is -0.387 e. The van der Waals surface area contributed by atoms with E-state index in [1.807, 2.05) is 19.1 Å². The monoisotopic (exact) mass is 559 g/mol. The van der Waals surface area contributed by atoms with Gasteiger partial charge in [-0.15, -0.1) is 24.0 Å². The number of aliphatic imine (C=N–C) groups is 1. The molecule has 31 heavy (non-hydrogen) atoms. The molecule has 0 amide bonds. The molecule has 172 valence electrons. The molecule has 1 atom stereocenters. The lowest BCUT2D eigenvalue weighted by Gasteiger charge is -2.20. The minimum absolute atomic E-state index is 0. The molecule has 1 unspecified atom stereocenters. The summed E-state index contributed by atoms with van der Waals surface area (Å²) < 4.78 is 23.1. The van der Waals surface area contributed by atoms with Gasteiger partial charge in [-0.3, -0.25) is 0 Å². The molecule has 0 aliphatic heterocycles. The van der Waals surface area contributed by atoms with Crippen LogP contribution in [-0.4, -0.2) is 38.8 Å². The first-order valence-electron chi connectivity index (χ1n) is 10.1. The van der Waals surface area contributed by atoms with E-state index in [2.05, 4.69) is 48.5 Å². The Morgan fingerprint density at radius 3 is 2.10 bits per heavy atom. The van der Waals surface area contributed by atoms with Gasteiger partial charge in [0.15, 0.2) is 15.8 Å². The molecular formula is C23H34IN3O3S. The highest BCUT2D eigenvalue weighted by atomic mass is 127. The maximum atomic E-state index is 11.6. The average Bonchev–Trinajstić information content (AvgIpc) is 2.69. The molecule has 0 aliphatic rings. The summed E-state index contributed by atoms with van der Waals surface area (Å²) in [4.78, 5) is 4.81. The maximum absolute atomic E-state index is 11.6. The van der Waals surface area contributed by atoms with Crippen LogP contribution in [0.5, 0.6) is 0 Å². The molecule has 0 bridgehead atoms. The van der Waals surface area contributed by atoms with Crippen LogP contribution in [0, 0.1) is 0 Å². The second-order valence-electron chi connectivity index (χ2n) is 8.38. The zero-order chi connectivity index (χ0) is 22.4. The quantitative estimate of drug-likeness (QED) is 0.273. The van der Waals surface area contributed by atoms with E-state index in [4.69, 9.17) is 0 Å². The number of halogens is 1. The van der Waals surface area contributed by atoms with E-state index >= 15 is 0 Å². The van der Waals surface area contributed by atoms with Gasteiger partial charge in [0.25, 0.3) is 0 Å². The van der Waals surface area contributed by atoms with E-state index in [1.54, 1.807) is 24.3 Å². The number of hydrogen-bond donors (Lipinski definition) is 3. The van der Waals surface area contributed by atoms with Crippen LogP contribution in [0.15, 0.2) is 58.4 Å². The fourth-order valence-corrected chi connectivity index (χ4v) is 3.50. The molecule has 0 fully saturated rings. The van der Waals surface area contributed by atoms with Crippen molar-refractivity contribution in [1.29, 1.82) is 0 Å². The molecule has 2 aromatic rings. The fourth-order valence-electron chi connectivity index (χ4n) is 2.87. The van der Waals surface area contributed by atoms with E-state index in [0.717, 1.165) is 11.1 Å². The van der Waals surface area contributed by atoms with Gasteiger partial charge in [-0.25, -0.2) is 13.4 Å². The molecule has 8 heteroatoms. The SMILES string of the molecule is CCNC(=NCc1ccc(S(C)(=O)=O)cc1)NCC(O)c1ccc(C(C)(C)C)cc1.I. The van der Waals surface area contributed by atoms with Crippen molar-refractivity contribution in [2.45, 2.75) is 50.7 Å². The minimum atomic E-state index is -3.20. The van der Waals surface area contributed by atoms with Crippen molar-refractivity contribution in [3.05, 3.63) is 65.2 Å². The molecule has 0 aliphatic carbocycles. The third-order valence-corrected chi connectivity index (χ3v) is 5.87. The van der Waals surface area contributed by atoms with Gasteiger partial charge >= 0.3 is 0 Å². The van der Waals surface area contributed by atoms with E-state index in [1.165, 1.54) is 11.8 Å². The largest absolute Gasteiger partial charge is 0.387 e. The van der Waals surface area contributed by atoms with E-state index in [0.29, 0.717) is 30.5 Å². The number of guanidine groups is 1. The van der Waals surface area contributed by atoms with Gasteiger partial charge in [-0.1, -0.05) is 57.2 Å². The van der Waals surface area contributed by atoms with Gasteiger partial charge in [0.2, 0.25) is 0 Å². The van der Waals surface area contributed by atoms with Crippen molar-refractivity contribution in [2.24, 2.45) is 4.99 Å². The van der Waals surface area contributed by atoms with Crippen LogP contribution in [0.25, 0.3) is 0 Å². The molecule has 0 saturated heterocycles. The van der Waals surface area contributed by atoms with Crippen molar-refractivity contribution >= 4 is 39.8 Å². The molecule has 0 radical (unpaired) electrons. The smallest absolute Gasteiger partial charge is 0.191 e. The van der Waals surface area contributed by atoms with Crippen LogP contribution in [0.3, 0.4) is 0 Å². The third kappa shape index (κ3) is 8.78. The normalized spacial score (nSPS) is 13.3. The molecule has 0 saturated carbocycles. The van der Waals surface area contributed by atoms with Gasteiger partial charge in [0, 0.05) is 19.3 Å². The Morgan fingerprint density at radius 2 is 1.61 bits per heavy atom. The maximum Gasteiger partial charge on any atom is 0.191 e. The zero-order valence-corrected chi connectivity index (χ0v) is 22.0. The van der Waals surface area contributed by atoms with Gasteiger partial charge in [-0.05, 0) is 41.2 Å². The highest BCUT2D eigenvalue weighted by Gasteiger charge is 2.15. The topological polar surface area (TPSA) is 90.8 Å². The number of nitrogens with zero attached hydrogens (tertiary/aromatic N) is 1. The van der Waals surface area contributed by atoms with Crippen molar-refractivity contribution in [1.82, 2.24) is 10.6 Å². The lowest BCUT2D eigenvalue weighted by molar-refractivity contribution is 0.181. The third-order valence-electron chi connectivity index (χ3n) is 4.74.